The van der Waals surface area contributed by atoms with Crippen LogP contribution < -0.4 is 5.56 Å². The van der Waals surface area contributed by atoms with E-state index in [0.29, 0.717) is 11.0 Å². The number of aromatic nitrogens is 2. The molecule has 0 spiro atoms. The highest BCUT2D eigenvalue weighted by Crippen LogP contribution is 2.09. The van der Waals surface area contributed by atoms with E-state index < -0.39 is 5.97 Å². The van der Waals surface area contributed by atoms with Crippen molar-refractivity contribution in [3.8, 4) is 0 Å². The highest BCUT2D eigenvalue weighted by atomic mass is 16.5. The van der Waals surface area contributed by atoms with Gasteiger partial charge in [0.15, 0.2) is 0 Å². The minimum absolute atomic E-state index is 0.115. The van der Waals surface area contributed by atoms with Crippen molar-refractivity contribution in [2.45, 2.75) is 13.3 Å². The van der Waals surface area contributed by atoms with Gasteiger partial charge in [-0.2, -0.15) is 0 Å². The molecule has 17 heavy (non-hydrogen) atoms. The number of methoxy groups -OCH3 is 1. The summed E-state index contributed by atoms with van der Waals surface area (Å²) < 4.78 is 4.51. The van der Waals surface area contributed by atoms with Gasteiger partial charge in [-0.1, -0.05) is 6.07 Å². The molecule has 2 aromatic rings. The first-order chi connectivity index (χ1) is 8.10. The van der Waals surface area contributed by atoms with Crippen LogP contribution in [0.5, 0.6) is 0 Å². The highest BCUT2D eigenvalue weighted by Gasteiger charge is 2.10. The van der Waals surface area contributed by atoms with E-state index >= 15 is 0 Å². The van der Waals surface area contributed by atoms with E-state index in [-0.39, 0.29) is 17.7 Å². The number of rotatable bonds is 2. The van der Waals surface area contributed by atoms with Gasteiger partial charge in [0, 0.05) is 0 Å². The summed E-state index contributed by atoms with van der Waals surface area (Å²) in [5.41, 5.74) is 2.19. The van der Waals surface area contributed by atoms with Gasteiger partial charge < -0.3 is 9.72 Å². The van der Waals surface area contributed by atoms with Crippen LogP contribution in [-0.2, 0) is 16.0 Å². The molecule has 0 saturated carbocycles. The second-order valence-electron chi connectivity index (χ2n) is 3.79. The lowest BCUT2D eigenvalue weighted by Gasteiger charge is -2.02. The molecule has 0 fully saturated rings. The smallest absolute Gasteiger partial charge is 0.311 e. The van der Waals surface area contributed by atoms with E-state index in [1.165, 1.54) is 7.11 Å². The predicted octanol–water partition coefficient (Wildman–Crippen LogP) is 0.947. The molecule has 1 aromatic heterocycles. The van der Waals surface area contributed by atoms with E-state index in [2.05, 4.69) is 14.7 Å². The van der Waals surface area contributed by atoms with E-state index in [1.54, 1.807) is 6.07 Å². The van der Waals surface area contributed by atoms with Crippen LogP contribution in [0.4, 0.5) is 0 Å². The molecule has 88 valence electrons. The molecular formula is C12H12N2O3. The third-order valence-electron chi connectivity index (χ3n) is 2.46. The molecule has 0 aliphatic carbocycles. The van der Waals surface area contributed by atoms with Crippen molar-refractivity contribution in [3.63, 3.8) is 0 Å². The minimum atomic E-state index is -0.477. The number of carbonyl (C=O) groups excluding carboxylic acids is 1. The van der Waals surface area contributed by atoms with Gasteiger partial charge in [-0.25, -0.2) is 4.98 Å². The molecule has 1 N–H and O–H groups in total. The fourth-order valence-corrected chi connectivity index (χ4v) is 1.57. The van der Waals surface area contributed by atoms with Crippen molar-refractivity contribution in [2.24, 2.45) is 0 Å². The Bertz CT molecular complexity index is 631. The first-order valence-electron chi connectivity index (χ1n) is 5.16. The summed E-state index contributed by atoms with van der Waals surface area (Å²) in [7, 11) is 1.28. The number of hydrogen-bond acceptors (Lipinski definition) is 4. The van der Waals surface area contributed by atoms with Gasteiger partial charge >= 0.3 is 5.97 Å². The number of ether oxygens (including phenoxy) is 1. The number of carbonyl (C=O) groups is 1. The fraction of sp³-hybridized carbons (Fsp3) is 0.250. The van der Waals surface area contributed by atoms with Gasteiger partial charge in [0.1, 0.15) is 5.69 Å². The zero-order valence-electron chi connectivity index (χ0n) is 9.61. The summed E-state index contributed by atoms with van der Waals surface area (Å²) in [5.74, 6) is -0.477. The SMILES string of the molecule is COC(=O)Cc1nc2ccc(C)cc2[nH]c1=O. The number of nitrogens with zero attached hydrogens (tertiary/aromatic N) is 1. The molecular weight excluding hydrogens is 220 g/mol. The van der Waals surface area contributed by atoms with Crippen LogP contribution in [0.3, 0.4) is 0 Å². The summed E-state index contributed by atoms with van der Waals surface area (Å²) >= 11 is 0. The molecule has 0 amide bonds. The number of fused-ring (bicyclic) bond motifs is 1. The molecule has 2 rings (SSSR count). The third kappa shape index (κ3) is 2.33. The maximum Gasteiger partial charge on any atom is 0.311 e. The van der Waals surface area contributed by atoms with Gasteiger partial charge in [-0.3, -0.25) is 9.59 Å². The molecule has 0 aliphatic rings. The fourth-order valence-electron chi connectivity index (χ4n) is 1.57. The molecule has 0 saturated heterocycles. The lowest BCUT2D eigenvalue weighted by Crippen LogP contribution is -2.19. The lowest BCUT2D eigenvalue weighted by molar-refractivity contribution is -0.139. The van der Waals surface area contributed by atoms with Crippen LogP contribution in [0.15, 0.2) is 23.0 Å². The Balaban J connectivity index is 2.52. The summed E-state index contributed by atoms with van der Waals surface area (Å²) in [6, 6.07) is 5.54. The standard InChI is InChI=1S/C12H12N2O3/c1-7-3-4-8-9(5-7)14-12(16)10(13-8)6-11(15)17-2/h3-5H,6H2,1-2H3,(H,14,16). The predicted molar refractivity (Wildman–Crippen MR) is 62.8 cm³/mol. The van der Waals surface area contributed by atoms with Crippen molar-refractivity contribution < 1.29 is 9.53 Å². The molecule has 5 heteroatoms. The van der Waals surface area contributed by atoms with Gasteiger partial charge in [0.05, 0.1) is 24.6 Å². The average Bonchev–Trinajstić information content (AvgIpc) is 2.30. The van der Waals surface area contributed by atoms with Crippen molar-refractivity contribution in [3.05, 3.63) is 39.8 Å². The molecule has 5 nitrogen and oxygen atoms in total. The molecule has 0 atom stereocenters. The van der Waals surface area contributed by atoms with Crippen molar-refractivity contribution in [1.29, 1.82) is 0 Å². The first kappa shape index (κ1) is 11.3. The van der Waals surface area contributed by atoms with Crippen LogP contribution in [0.2, 0.25) is 0 Å². The summed E-state index contributed by atoms with van der Waals surface area (Å²) in [4.78, 5) is 29.6. The summed E-state index contributed by atoms with van der Waals surface area (Å²) in [6.07, 6.45) is -0.115. The average molecular weight is 232 g/mol. The lowest BCUT2D eigenvalue weighted by atomic mass is 10.2. The maximum absolute atomic E-state index is 11.7. The van der Waals surface area contributed by atoms with Crippen LogP contribution in [0.1, 0.15) is 11.3 Å². The molecule has 0 aliphatic heterocycles. The van der Waals surface area contributed by atoms with E-state index in [0.717, 1.165) is 5.56 Å². The number of benzene rings is 1. The number of hydrogen-bond donors (Lipinski definition) is 1. The maximum atomic E-state index is 11.7. The van der Waals surface area contributed by atoms with Crippen LogP contribution in [0, 0.1) is 6.92 Å². The summed E-state index contributed by atoms with van der Waals surface area (Å²) in [6.45, 7) is 1.93. The van der Waals surface area contributed by atoms with E-state index in [9.17, 15) is 9.59 Å². The molecule has 1 heterocycles. The molecule has 0 radical (unpaired) electrons. The Hall–Kier alpha value is -2.17. The second-order valence-corrected chi connectivity index (χ2v) is 3.79. The zero-order valence-corrected chi connectivity index (χ0v) is 9.61. The summed E-state index contributed by atoms with van der Waals surface area (Å²) in [5, 5.41) is 0. The Morgan fingerprint density at radius 1 is 1.47 bits per heavy atom. The number of nitrogens with one attached hydrogen (secondary N) is 1. The quantitative estimate of drug-likeness (QED) is 0.782. The molecule has 0 bridgehead atoms. The number of aryl methyl sites for hydroxylation is 1. The zero-order chi connectivity index (χ0) is 12.4. The molecule has 1 aromatic carbocycles. The van der Waals surface area contributed by atoms with Crippen LogP contribution >= 0.6 is 0 Å². The van der Waals surface area contributed by atoms with Crippen LogP contribution in [-0.4, -0.2) is 23.0 Å². The highest BCUT2D eigenvalue weighted by molar-refractivity contribution is 5.76. The van der Waals surface area contributed by atoms with Gasteiger partial charge in [-0.05, 0) is 24.6 Å². The van der Waals surface area contributed by atoms with Crippen molar-refractivity contribution in [2.75, 3.05) is 7.11 Å². The molecule has 0 unspecified atom stereocenters. The minimum Gasteiger partial charge on any atom is -0.469 e. The number of esters is 1. The number of H-pyrrole nitrogens is 1. The second kappa shape index (κ2) is 4.37. The van der Waals surface area contributed by atoms with Crippen molar-refractivity contribution >= 4 is 17.0 Å². The van der Waals surface area contributed by atoms with Gasteiger partial charge in [-0.15, -0.1) is 0 Å². The Labute approximate surface area is 97.4 Å². The topological polar surface area (TPSA) is 72.0 Å². The third-order valence-corrected chi connectivity index (χ3v) is 2.46. The first-order valence-corrected chi connectivity index (χ1v) is 5.16. The normalized spacial score (nSPS) is 10.5. The van der Waals surface area contributed by atoms with E-state index in [1.807, 2.05) is 19.1 Å². The Kier molecular flexibility index (Phi) is 2.91. The largest absolute Gasteiger partial charge is 0.469 e. The monoisotopic (exact) mass is 232 g/mol. The Morgan fingerprint density at radius 2 is 2.24 bits per heavy atom. The number of aromatic amines is 1. The van der Waals surface area contributed by atoms with Gasteiger partial charge in [0.25, 0.3) is 5.56 Å². The Morgan fingerprint density at radius 3 is 2.94 bits per heavy atom. The van der Waals surface area contributed by atoms with E-state index in [4.69, 9.17) is 0 Å². The van der Waals surface area contributed by atoms with Gasteiger partial charge in [0.2, 0.25) is 0 Å². The van der Waals surface area contributed by atoms with Crippen molar-refractivity contribution in [1.82, 2.24) is 9.97 Å². The van der Waals surface area contributed by atoms with Crippen LogP contribution in [0.25, 0.3) is 11.0 Å².